The van der Waals surface area contributed by atoms with Gasteiger partial charge in [-0.25, -0.2) is 9.82 Å². The van der Waals surface area contributed by atoms with Crippen LogP contribution in [0.25, 0.3) is 11.3 Å². The minimum absolute atomic E-state index is 0.00465. The fourth-order valence-corrected chi connectivity index (χ4v) is 6.30. The molecule has 1 amide bonds. The fraction of sp³-hybridized carbons (Fsp3) is 0.500. The molecule has 5 nitrogen and oxygen atoms in total. The summed E-state index contributed by atoms with van der Waals surface area (Å²) < 4.78 is 13.1. The molecule has 146 valence electrons. The Morgan fingerprint density at radius 2 is 1.82 bits per heavy atom. The second-order valence-corrected chi connectivity index (χ2v) is 9.09. The summed E-state index contributed by atoms with van der Waals surface area (Å²) in [6.45, 7) is 0. The Hall–Kier alpha value is -2.50. The Morgan fingerprint density at radius 1 is 1.18 bits per heavy atom. The highest BCUT2D eigenvalue weighted by atomic mass is 19.1. The SMILES string of the molecule is O=C(CC12CC3CC(CC(C3)C1)C2)NN=Cc1cn[nH]c1-c1ccc(F)cc1. The Kier molecular flexibility index (Phi) is 4.29. The van der Waals surface area contributed by atoms with Crippen molar-refractivity contribution in [1.82, 2.24) is 15.6 Å². The zero-order valence-corrected chi connectivity index (χ0v) is 15.8. The zero-order valence-electron chi connectivity index (χ0n) is 15.8. The fourth-order valence-electron chi connectivity index (χ4n) is 6.30. The van der Waals surface area contributed by atoms with Crippen molar-refractivity contribution >= 4 is 12.1 Å². The molecule has 1 heterocycles. The van der Waals surface area contributed by atoms with Crippen LogP contribution in [0.1, 0.15) is 50.5 Å². The number of hydrogen-bond donors (Lipinski definition) is 2. The van der Waals surface area contributed by atoms with Crippen LogP contribution in [0.15, 0.2) is 35.6 Å². The van der Waals surface area contributed by atoms with Crippen LogP contribution < -0.4 is 5.43 Å². The van der Waals surface area contributed by atoms with Crippen LogP contribution in [0.3, 0.4) is 0 Å². The molecule has 28 heavy (non-hydrogen) atoms. The van der Waals surface area contributed by atoms with Crippen LogP contribution in [-0.2, 0) is 4.79 Å². The van der Waals surface area contributed by atoms with E-state index < -0.39 is 0 Å². The van der Waals surface area contributed by atoms with Gasteiger partial charge in [-0.15, -0.1) is 0 Å². The molecule has 6 heteroatoms. The van der Waals surface area contributed by atoms with E-state index in [2.05, 4.69) is 20.7 Å². The topological polar surface area (TPSA) is 70.1 Å². The van der Waals surface area contributed by atoms with Gasteiger partial charge < -0.3 is 0 Å². The summed E-state index contributed by atoms with van der Waals surface area (Å²) in [5.74, 6) is 2.24. The van der Waals surface area contributed by atoms with Crippen LogP contribution in [0.5, 0.6) is 0 Å². The largest absolute Gasteiger partial charge is 0.277 e. The highest BCUT2D eigenvalue weighted by Gasteiger charge is 2.51. The summed E-state index contributed by atoms with van der Waals surface area (Å²) in [4.78, 5) is 12.6. The number of aromatic amines is 1. The van der Waals surface area contributed by atoms with Crippen LogP contribution in [0.2, 0.25) is 0 Å². The van der Waals surface area contributed by atoms with Gasteiger partial charge in [0.15, 0.2) is 0 Å². The summed E-state index contributed by atoms with van der Waals surface area (Å²) in [7, 11) is 0. The number of carbonyl (C=O) groups excluding carboxylic acids is 1. The van der Waals surface area contributed by atoms with Gasteiger partial charge >= 0.3 is 0 Å². The molecule has 4 aliphatic carbocycles. The summed E-state index contributed by atoms with van der Waals surface area (Å²) in [6.07, 6.45) is 11.6. The third-order valence-corrected chi connectivity index (χ3v) is 6.90. The molecule has 4 fully saturated rings. The van der Waals surface area contributed by atoms with Crippen molar-refractivity contribution in [3.8, 4) is 11.3 Å². The number of H-pyrrole nitrogens is 1. The smallest absolute Gasteiger partial charge is 0.240 e. The quantitative estimate of drug-likeness (QED) is 0.601. The van der Waals surface area contributed by atoms with Crippen molar-refractivity contribution in [2.45, 2.75) is 44.9 Å². The number of nitrogens with one attached hydrogen (secondary N) is 2. The maximum atomic E-state index is 13.1. The van der Waals surface area contributed by atoms with Crippen molar-refractivity contribution < 1.29 is 9.18 Å². The van der Waals surface area contributed by atoms with E-state index in [1.54, 1.807) is 24.5 Å². The van der Waals surface area contributed by atoms with Gasteiger partial charge in [0.05, 0.1) is 18.1 Å². The molecule has 0 atom stereocenters. The van der Waals surface area contributed by atoms with Gasteiger partial charge in [-0.2, -0.15) is 10.2 Å². The average Bonchev–Trinajstić information content (AvgIpc) is 3.09. The number of aromatic nitrogens is 2. The average molecular weight is 380 g/mol. The first-order valence-corrected chi connectivity index (χ1v) is 10.2. The number of halogens is 1. The molecule has 4 saturated carbocycles. The lowest BCUT2D eigenvalue weighted by Crippen LogP contribution is -2.47. The number of amides is 1. The monoisotopic (exact) mass is 380 g/mol. The van der Waals surface area contributed by atoms with E-state index in [1.807, 2.05) is 0 Å². The number of nitrogens with zero attached hydrogens (tertiary/aromatic N) is 2. The molecular weight excluding hydrogens is 355 g/mol. The molecular formula is C22H25FN4O. The molecule has 0 aliphatic heterocycles. The van der Waals surface area contributed by atoms with Crippen LogP contribution in [0.4, 0.5) is 4.39 Å². The van der Waals surface area contributed by atoms with Gasteiger partial charge in [0, 0.05) is 17.5 Å². The minimum Gasteiger partial charge on any atom is -0.277 e. The van der Waals surface area contributed by atoms with Crippen molar-refractivity contribution in [1.29, 1.82) is 0 Å². The van der Waals surface area contributed by atoms with Crippen molar-refractivity contribution in [2.24, 2.45) is 28.3 Å². The van der Waals surface area contributed by atoms with Crippen molar-refractivity contribution in [3.05, 3.63) is 41.8 Å². The number of benzene rings is 1. The molecule has 2 aromatic rings. The lowest BCUT2D eigenvalue weighted by Gasteiger charge is -2.56. The van der Waals surface area contributed by atoms with E-state index >= 15 is 0 Å². The highest BCUT2D eigenvalue weighted by Crippen LogP contribution is 2.61. The molecule has 6 rings (SSSR count). The van der Waals surface area contributed by atoms with E-state index in [1.165, 1.54) is 50.7 Å². The Labute approximate surface area is 163 Å². The second-order valence-electron chi connectivity index (χ2n) is 9.09. The summed E-state index contributed by atoms with van der Waals surface area (Å²) in [5.41, 5.74) is 5.24. The van der Waals surface area contributed by atoms with Crippen molar-refractivity contribution in [2.75, 3.05) is 0 Å². The molecule has 1 aromatic carbocycles. The first-order valence-electron chi connectivity index (χ1n) is 10.2. The van der Waals surface area contributed by atoms with E-state index in [0.29, 0.717) is 6.42 Å². The molecule has 0 spiro atoms. The van der Waals surface area contributed by atoms with Gasteiger partial charge in [-0.05, 0) is 86.0 Å². The van der Waals surface area contributed by atoms with E-state index in [9.17, 15) is 9.18 Å². The molecule has 2 N–H and O–H groups in total. The summed E-state index contributed by atoms with van der Waals surface area (Å²) >= 11 is 0. The molecule has 1 aromatic heterocycles. The Morgan fingerprint density at radius 3 is 2.46 bits per heavy atom. The normalized spacial score (nSPS) is 30.8. The van der Waals surface area contributed by atoms with Crippen LogP contribution in [-0.4, -0.2) is 22.3 Å². The molecule has 4 aliphatic rings. The first-order chi connectivity index (χ1) is 13.6. The summed E-state index contributed by atoms with van der Waals surface area (Å²) in [6, 6.07) is 6.19. The molecule has 0 saturated heterocycles. The van der Waals surface area contributed by atoms with Crippen molar-refractivity contribution in [3.63, 3.8) is 0 Å². The third kappa shape index (κ3) is 3.36. The van der Waals surface area contributed by atoms with E-state index in [4.69, 9.17) is 0 Å². The van der Waals surface area contributed by atoms with Gasteiger partial charge in [-0.1, -0.05) is 0 Å². The van der Waals surface area contributed by atoms with E-state index in [-0.39, 0.29) is 17.1 Å². The number of rotatable bonds is 5. The Balaban J connectivity index is 1.22. The van der Waals surface area contributed by atoms with Crippen LogP contribution >= 0.6 is 0 Å². The summed E-state index contributed by atoms with van der Waals surface area (Å²) in [5, 5.41) is 11.1. The maximum Gasteiger partial charge on any atom is 0.240 e. The van der Waals surface area contributed by atoms with E-state index in [0.717, 1.165) is 34.6 Å². The number of hydrazone groups is 1. The third-order valence-electron chi connectivity index (χ3n) is 6.90. The standard InChI is InChI=1S/C22H25FN4O/c23-19-3-1-17(2-4-19)21-18(13-25-27-21)12-24-26-20(28)11-22-8-14-5-15(9-22)7-16(6-14)10-22/h1-4,12-16H,5-11H2,(H,25,27)(H,26,28). The van der Waals surface area contributed by atoms with Gasteiger partial charge in [0.25, 0.3) is 0 Å². The van der Waals surface area contributed by atoms with Gasteiger partial charge in [0.1, 0.15) is 5.82 Å². The number of hydrogen-bond acceptors (Lipinski definition) is 3. The predicted octanol–water partition coefficient (Wildman–Crippen LogP) is 4.27. The predicted molar refractivity (Wildman–Crippen MR) is 105 cm³/mol. The lowest BCUT2D eigenvalue weighted by molar-refractivity contribution is -0.129. The first kappa shape index (κ1) is 17.6. The Bertz CT molecular complexity index is 866. The van der Waals surface area contributed by atoms with Gasteiger partial charge in [0.2, 0.25) is 5.91 Å². The maximum absolute atomic E-state index is 13.1. The number of carbonyl (C=O) groups is 1. The zero-order chi connectivity index (χ0) is 19.1. The van der Waals surface area contributed by atoms with Gasteiger partial charge in [-0.3, -0.25) is 9.89 Å². The lowest BCUT2D eigenvalue weighted by atomic mass is 9.49. The van der Waals surface area contributed by atoms with Crippen LogP contribution in [0, 0.1) is 29.0 Å². The second kappa shape index (κ2) is 6.83. The minimum atomic E-state index is -0.282. The molecule has 4 bridgehead atoms. The molecule has 0 radical (unpaired) electrons. The highest BCUT2D eigenvalue weighted by molar-refractivity contribution is 5.89. The molecule has 0 unspecified atom stereocenters.